The lowest BCUT2D eigenvalue weighted by Crippen LogP contribution is -2.54. The Hall–Kier alpha value is -1.72. The summed E-state index contributed by atoms with van der Waals surface area (Å²) in [5.41, 5.74) is 0.418. The van der Waals surface area contributed by atoms with Crippen molar-refractivity contribution in [1.82, 2.24) is 9.21 Å². The van der Waals surface area contributed by atoms with Gasteiger partial charge in [0.25, 0.3) is 0 Å². The van der Waals surface area contributed by atoms with Gasteiger partial charge in [0.05, 0.1) is 22.9 Å². The summed E-state index contributed by atoms with van der Waals surface area (Å²) >= 11 is 6.12. The first-order valence-electron chi connectivity index (χ1n) is 11.2. The van der Waals surface area contributed by atoms with E-state index < -0.39 is 21.8 Å². The van der Waals surface area contributed by atoms with Gasteiger partial charge >= 0.3 is 6.18 Å². The summed E-state index contributed by atoms with van der Waals surface area (Å²) in [6, 6.07) is 10.0. The van der Waals surface area contributed by atoms with Crippen LogP contribution >= 0.6 is 11.6 Å². The minimum absolute atomic E-state index is 0.00366. The van der Waals surface area contributed by atoms with E-state index in [0.717, 1.165) is 17.9 Å². The van der Waals surface area contributed by atoms with Gasteiger partial charge in [-0.3, -0.25) is 4.90 Å². The van der Waals surface area contributed by atoms with Crippen molar-refractivity contribution in [3.05, 3.63) is 70.0 Å². The molecular formula is C24H29ClF4N2O3S. The molecule has 0 spiro atoms. The van der Waals surface area contributed by atoms with Crippen LogP contribution in [0.15, 0.2) is 42.5 Å². The van der Waals surface area contributed by atoms with Gasteiger partial charge in [0.15, 0.2) is 0 Å². The molecule has 0 bridgehead atoms. The Morgan fingerprint density at radius 1 is 1.17 bits per heavy atom. The zero-order valence-electron chi connectivity index (χ0n) is 19.6. The number of rotatable bonds is 11. The highest BCUT2D eigenvalue weighted by molar-refractivity contribution is 7.88. The predicted molar refractivity (Wildman–Crippen MR) is 127 cm³/mol. The van der Waals surface area contributed by atoms with Crippen LogP contribution in [0.4, 0.5) is 17.6 Å². The van der Waals surface area contributed by atoms with Crippen molar-refractivity contribution < 1.29 is 30.7 Å². The summed E-state index contributed by atoms with van der Waals surface area (Å²) in [5, 5.41) is -0.314. The predicted octanol–water partition coefficient (Wildman–Crippen LogP) is 5.15. The number of halogens is 5. The van der Waals surface area contributed by atoms with Crippen molar-refractivity contribution in [1.29, 1.82) is 0 Å². The molecule has 1 aliphatic heterocycles. The minimum atomic E-state index is -4.55. The summed E-state index contributed by atoms with van der Waals surface area (Å²) in [6.07, 6.45) is -2.95. The third-order valence-corrected chi connectivity index (χ3v) is 7.69. The molecule has 0 radical (unpaired) electrons. The number of benzene rings is 2. The van der Waals surface area contributed by atoms with Crippen LogP contribution in [0.25, 0.3) is 0 Å². The van der Waals surface area contributed by atoms with Gasteiger partial charge in [0.1, 0.15) is 5.82 Å². The Kier molecular flexibility index (Phi) is 9.20. The number of hydrogen-bond acceptors (Lipinski definition) is 4. The Bertz CT molecular complexity index is 1090. The molecule has 11 heteroatoms. The summed E-state index contributed by atoms with van der Waals surface area (Å²) < 4.78 is 83.2. The van der Waals surface area contributed by atoms with Gasteiger partial charge in [-0.05, 0) is 41.7 Å². The number of nitrogens with zero attached hydrogens (tertiary/aromatic N) is 2. The Labute approximate surface area is 208 Å². The van der Waals surface area contributed by atoms with Crippen molar-refractivity contribution in [2.24, 2.45) is 0 Å². The molecule has 194 valence electrons. The Balaban J connectivity index is 1.64. The molecule has 35 heavy (non-hydrogen) atoms. The maximum atomic E-state index is 13.3. The van der Waals surface area contributed by atoms with E-state index in [1.54, 1.807) is 18.2 Å². The van der Waals surface area contributed by atoms with Crippen molar-refractivity contribution in [3.8, 4) is 0 Å². The van der Waals surface area contributed by atoms with Crippen molar-refractivity contribution in [3.63, 3.8) is 0 Å². The molecule has 5 nitrogen and oxygen atoms in total. The molecule has 1 unspecified atom stereocenters. The van der Waals surface area contributed by atoms with Crippen LogP contribution < -0.4 is 0 Å². The van der Waals surface area contributed by atoms with Gasteiger partial charge in [-0.15, -0.1) is 0 Å². The van der Waals surface area contributed by atoms with E-state index in [1.807, 2.05) is 11.8 Å². The molecule has 3 rings (SSSR count). The number of ether oxygens (including phenoxy) is 1. The zero-order valence-corrected chi connectivity index (χ0v) is 21.1. The van der Waals surface area contributed by atoms with Gasteiger partial charge in [0.2, 0.25) is 10.0 Å². The van der Waals surface area contributed by atoms with Crippen LogP contribution in [-0.4, -0.2) is 62.8 Å². The first kappa shape index (κ1) is 27.9. The molecule has 0 aromatic heterocycles. The number of hydrogen-bond donors (Lipinski definition) is 0. The van der Waals surface area contributed by atoms with Gasteiger partial charge in [-0.1, -0.05) is 42.8 Å². The van der Waals surface area contributed by atoms with E-state index in [4.69, 9.17) is 16.3 Å². The van der Waals surface area contributed by atoms with Crippen LogP contribution in [0.1, 0.15) is 36.0 Å². The van der Waals surface area contributed by atoms with E-state index in [0.29, 0.717) is 44.8 Å². The maximum absolute atomic E-state index is 13.3. The summed E-state index contributed by atoms with van der Waals surface area (Å²) in [7, 11) is -3.21. The molecule has 1 saturated heterocycles. The molecule has 0 amide bonds. The topological polar surface area (TPSA) is 49.9 Å². The van der Waals surface area contributed by atoms with E-state index in [9.17, 15) is 26.0 Å². The van der Waals surface area contributed by atoms with Crippen molar-refractivity contribution in [2.45, 2.75) is 38.1 Å². The van der Waals surface area contributed by atoms with Crippen LogP contribution in [-0.2, 0) is 27.5 Å². The monoisotopic (exact) mass is 536 g/mol. The Morgan fingerprint density at radius 3 is 2.43 bits per heavy atom. The SMILES string of the molecule is CC(CN(CCCOC1CN(S(C)(=O)=O)C1)Cc1cccc(C(F)(F)F)c1Cl)c1ccc(F)cc1. The molecule has 2 aromatic carbocycles. The van der Waals surface area contributed by atoms with E-state index in [1.165, 1.54) is 22.5 Å². The van der Waals surface area contributed by atoms with E-state index in [2.05, 4.69) is 0 Å². The molecule has 0 N–H and O–H groups in total. The summed E-state index contributed by atoms with van der Waals surface area (Å²) in [5.74, 6) is -0.341. The number of sulfonamides is 1. The molecule has 1 aliphatic rings. The first-order chi connectivity index (χ1) is 16.3. The molecule has 1 fully saturated rings. The molecule has 2 aromatic rings. The molecule has 0 aliphatic carbocycles. The Morgan fingerprint density at radius 2 is 1.83 bits per heavy atom. The second-order valence-electron chi connectivity index (χ2n) is 8.89. The lowest BCUT2D eigenvalue weighted by Gasteiger charge is -2.37. The van der Waals surface area contributed by atoms with Crippen molar-refractivity contribution in [2.75, 3.05) is 39.0 Å². The maximum Gasteiger partial charge on any atom is 0.417 e. The molecule has 1 heterocycles. The number of alkyl halides is 3. The largest absolute Gasteiger partial charge is 0.417 e. The van der Waals surface area contributed by atoms with Crippen molar-refractivity contribution >= 4 is 21.6 Å². The fourth-order valence-electron chi connectivity index (χ4n) is 4.00. The lowest BCUT2D eigenvalue weighted by atomic mass is 10.00. The van der Waals surface area contributed by atoms with Crippen LogP contribution in [0.3, 0.4) is 0 Å². The van der Waals surface area contributed by atoms with Crippen LogP contribution in [0.5, 0.6) is 0 Å². The van der Waals surface area contributed by atoms with Gasteiger partial charge < -0.3 is 4.74 Å². The normalized spacial score (nSPS) is 16.5. The standard InChI is InChI=1S/C24H29ClF4N2O3S/c1-17(18-7-9-20(26)10-8-18)13-30(11-4-12-34-21-15-31(16-21)35(2,32)33)14-19-5-3-6-22(23(19)25)24(27,28)29/h3,5-10,17,21H,4,11-16H2,1-2H3. The first-order valence-corrected chi connectivity index (χ1v) is 13.5. The van der Waals surface area contributed by atoms with Gasteiger partial charge in [-0.2, -0.15) is 17.5 Å². The second kappa shape index (κ2) is 11.6. The lowest BCUT2D eigenvalue weighted by molar-refractivity contribution is -0.137. The van der Waals surface area contributed by atoms with E-state index >= 15 is 0 Å². The average molecular weight is 537 g/mol. The zero-order chi connectivity index (χ0) is 25.8. The summed E-state index contributed by atoms with van der Waals surface area (Å²) in [6.45, 7) is 4.26. The second-order valence-corrected chi connectivity index (χ2v) is 11.3. The van der Waals surface area contributed by atoms with Gasteiger partial charge in [-0.25, -0.2) is 12.8 Å². The smallest absolute Gasteiger partial charge is 0.375 e. The highest BCUT2D eigenvalue weighted by Crippen LogP contribution is 2.36. The fourth-order valence-corrected chi connectivity index (χ4v) is 5.16. The van der Waals surface area contributed by atoms with E-state index in [-0.39, 0.29) is 29.4 Å². The highest BCUT2D eigenvalue weighted by Gasteiger charge is 2.35. The quantitative estimate of drug-likeness (QED) is 0.294. The van der Waals surface area contributed by atoms with Crippen LogP contribution in [0, 0.1) is 5.82 Å². The van der Waals surface area contributed by atoms with Crippen LogP contribution in [0.2, 0.25) is 5.02 Å². The third kappa shape index (κ3) is 7.88. The fraction of sp³-hybridized carbons (Fsp3) is 0.500. The summed E-state index contributed by atoms with van der Waals surface area (Å²) in [4.78, 5) is 2.00. The molecule has 1 atom stereocenters. The minimum Gasteiger partial charge on any atom is -0.375 e. The molecule has 0 saturated carbocycles. The molecular weight excluding hydrogens is 508 g/mol. The third-order valence-electron chi connectivity index (χ3n) is 6.00. The highest BCUT2D eigenvalue weighted by atomic mass is 35.5. The van der Waals surface area contributed by atoms with Gasteiger partial charge in [0, 0.05) is 39.3 Å². The average Bonchev–Trinajstić information content (AvgIpc) is 2.72.